The van der Waals surface area contributed by atoms with E-state index in [4.69, 9.17) is 15.9 Å². The third-order valence-corrected chi connectivity index (χ3v) is 3.12. The minimum Gasteiger partial charge on any atom is -0.480 e. The fourth-order valence-electron chi connectivity index (χ4n) is 1.10. The molecule has 0 heterocycles. The van der Waals surface area contributed by atoms with Crippen LogP contribution in [0.4, 0.5) is 0 Å². The van der Waals surface area contributed by atoms with Gasteiger partial charge in [0.1, 0.15) is 12.1 Å². The lowest BCUT2D eigenvalue weighted by Gasteiger charge is -2.13. The molecule has 0 aromatic carbocycles. The molecular weight excluding hydrogens is 272 g/mol. The second kappa shape index (κ2) is 9.40. The molecule has 5 N–H and O–H groups in total. The smallest absolute Gasteiger partial charge is 0.327 e. The number of carboxylic acids is 2. The highest BCUT2D eigenvalue weighted by molar-refractivity contribution is 8.02. The summed E-state index contributed by atoms with van der Waals surface area (Å²) in [6.45, 7) is 1.80. The van der Waals surface area contributed by atoms with E-state index in [2.05, 4.69) is 5.32 Å². The van der Waals surface area contributed by atoms with Gasteiger partial charge in [-0.05, 0) is 18.8 Å². The quantitative estimate of drug-likeness (QED) is 0.470. The summed E-state index contributed by atoms with van der Waals surface area (Å²) in [5.74, 6) is -2.64. The number of rotatable bonds is 9. The molecular formula is C11H18N2O5S. The largest absolute Gasteiger partial charge is 0.480 e. The molecule has 0 aromatic rings. The van der Waals surface area contributed by atoms with Crippen LogP contribution in [-0.2, 0) is 14.4 Å². The summed E-state index contributed by atoms with van der Waals surface area (Å²) in [6, 6.07) is -2.12. The van der Waals surface area contributed by atoms with Crippen molar-refractivity contribution >= 4 is 29.6 Å². The van der Waals surface area contributed by atoms with E-state index in [9.17, 15) is 14.4 Å². The molecule has 0 bridgehead atoms. The molecule has 0 aliphatic rings. The SMILES string of the molecule is C/C=C/SC[C@@H](NC(=O)CC[C@H](N)C(=O)O)C(=O)O. The average molecular weight is 290 g/mol. The first kappa shape index (κ1) is 17.5. The van der Waals surface area contributed by atoms with Crippen molar-refractivity contribution in [2.24, 2.45) is 5.73 Å². The van der Waals surface area contributed by atoms with E-state index < -0.39 is 29.9 Å². The zero-order valence-corrected chi connectivity index (χ0v) is 11.4. The number of aliphatic carboxylic acids is 2. The normalized spacial score (nSPS) is 14.0. The Morgan fingerprint density at radius 3 is 2.42 bits per heavy atom. The van der Waals surface area contributed by atoms with E-state index >= 15 is 0 Å². The van der Waals surface area contributed by atoms with Gasteiger partial charge in [-0.1, -0.05) is 6.08 Å². The van der Waals surface area contributed by atoms with Gasteiger partial charge < -0.3 is 21.3 Å². The lowest BCUT2D eigenvalue weighted by molar-refractivity contribution is -0.141. The Morgan fingerprint density at radius 1 is 1.32 bits per heavy atom. The van der Waals surface area contributed by atoms with Crippen molar-refractivity contribution in [3.63, 3.8) is 0 Å². The molecule has 0 unspecified atom stereocenters. The Bertz CT molecular complexity index is 359. The Morgan fingerprint density at radius 2 is 1.95 bits per heavy atom. The zero-order chi connectivity index (χ0) is 14.8. The van der Waals surface area contributed by atoms with Crippen LogP contribution >= 0.6 is 11.8 Å². The van der Waals surface area contributed by atoms with E-state index in [-0.39, 0.29) is 18.6 Å². The lowest BCUT2D eigenvalue weighted by Crippen LogP contribution is -2.43. The second-order valence-corrected chi connectivity index (χ2v) is 4.68. The van der Waals surface area contributed by atoms with E-state index in [1.807, 2.05) is 0 Å². The standard InChI is InChI=1S/C11H18N2O5S/c1-2-5-19-6-8(11(17)18)13-9(14)4-3-7(12)10(15)16/h2,5,7-8H,3-4,6,12H2,1H3,(H,13,14)(H,15,16)(H,17,18)/b5-2+/t7-,8+/m0/s1. The first-order valence-corrected chi connectivity index (χ1v) is 6.66. The zero-order valence-electron chi connectivity index (χ0n) is 10.5. The topological polar surface area (TPSA) is 130 Å². The van der Waals surface area contributed by atoms with E-state index in [1.165, 1.54) is 11.8 Å². The van der Waals surface area contributed by atoms with Crippen molar-refractivity contribution in [3.05, 3.63) is 11.5 Å². The third-order valence-electron chi connectivity index (χ3n) is 2.13. The van der Waals surface area contributed by atoms with E-state index in [0.29, 0.717) is 0 Å². The molecule has 1 amide bonds. The fourth-order valence-corrected chi connectivity index (χ4v) is 1.82. The number of allylic oxidation sites excluding steroid dienone is 1. The predicted molar refractivity (Wildman–Crippen MR) is 71.7 cm³/mol. The van der Waals surface area contributed by atoms with Gasteiger partial charge in [0.05, 0.1) is 0 Å². The molecule has 8 heteroatoms. The Hall–Kier alpha value is -1.54. The maximum Gasteiger partial charge on any atom is 0.327 e. The molecule has 0 aliphatic heterocycles. The molecule has 19 heavy (non-hydrogen) atoms. The summed E-state index contributed by atoms with van der Waals surface area (Å²) in [5, 5.41) is 21.5. The fraction of sp³-hybridized carbons (Fsp3) is 0.545. The van der Waals surface area contributed by atoms with Gasteiger partial charge in [0.2, 0.25) is 5.91 Å². The van der Waals surface area contributed by atoms with Crippen molar-refractivity contribution in [3.8, 4) is 0 Å². The van der Waals surface area contributed by atoms with Gasteiger partial charge >= 0.3 is 11.9 Å². The van der Waals surface area contributed by atoms with Crippen molar-refractivity contribution in [1.29, 1.82) is 0 Å². The Kier molecular flexibility index (Phi) is 8.64. The highest BCUT2D eigenvalue weighted by Gasteiger charge is 2.20. The molecule has 0 fully saturated rings. The summed E-state index contributed by atoms with van der Waals surface area (Å²) in [4.78, 5) is 32.8. The predicted octanol–water partition coefficient (Wildman–Crippen LogP) is 0.0147. The lowest BCUT2D eigenvalue weighted by atomic mass is 10.1. The van der Waals surface area contributed by atoms with Crippen LogP contribution in [-0.4, -0.2) is 45.9 Å². The van der Waals surface area contributed by atoms with Gasteiger partial charge in [-0.3, -0.25) is 9.59 Å². The number of carboxylic acid groups (broad SMARTS) is 2. The van der Waals surface area contributed by atoms with Gasteiger partial charge in [0, 0.05) is 12.2 Å². The highest BCUT2D eigenvalue weighted by Crippen LogP contribution is 2.05. The minimum absolute atomic E-state index is 0.0322. The van der Waals surface area contributed by atoms with Crippen molar-refractivity contribution in [2.45, 2.75) is 31.8 Å². The van der Waals surface area contributed by atoms with Crippen LogP contribution < -0.4 is 11.1 Å². The van der Waals surface area contributed by atoms with Gasteiger partial charge in [0.15, 0.2) is 0 Å². The van der Waals surface area contributed by atoms with Crippen LogP contribution in [0.5, 0.6) is 0 Å². The van der Waals surface area contributed by atoms with E-state index in [0.717, 1.165) is 0 Å². The maximum absolute atomic E-state index is 11.5. The van der Waals surface area contributed by atoms with Crippen LogP contribution in [0.1, 0.15) is 19.8 Å². The molecule has 0 radical (unpaired) electrons. The van der Waals surface area contributed by atoms with Crippen molar-refractivity contribution in [1.82, 2.24) is 5.32 Å². The average Bonchev–Trinajstić information content (AvgIpc) is 2.34. The third kappa shape index (κ3) is 8.22. The van der Waals surface area contributed by atoms with Crippen LogP contribution in [0.25, 0.3) is 0 Å². The number of nitrogens with one attached hydrogen (secondary N) is 1. The second-order valence-electron chi connectivity index (χ2n) is 3.74. The summed E-state index contributed by atoms with van der Waals surface area (Å²) in [5.41, 5.74) is 5.24. The molecule has 7 nitrogen and oxygen atoms in total. The number of carbonyl (C=O) groups is 3. The Labute approximate surface area is 115 Å². The summed E-state index contributed by atoms with van der Waals surface area (Å²) in [6.07, 6.45) is 1.61. The molecule has 0 aromatic heterocycles. The van der Waals surface area contributed by atoms with E-state index in [1.54, 1.807) is 18.4 Å². The summed E-state index contributed by atoms with van der Waals surface area (Å²) < 4.78 is 0. The van der Waals surface area contributed by atoms with Crippen molar-refractivity contribution in [2.75, 3.05) is 5.75 Å². The molecule has 2 atom stereocenters. The molecule has 0 saturated carbocycles. The number of nitrogens with two attached hydrogens (primary N) is 1. The van der Waals surface area contributed by atoms with Gasteiger partial charge in [-0.2, -0.15) is 0 Å². The van der Waals surface area contributed by atoms with Crippen LogP contribution in [0, 0.1) is 0 Å². The monoisotopic (exact) mass is 290 g/mol. The van der Waals surface area contributed by atoms with Crippen LogP contribution in [0.2, 0.25) is 0 Å². The van der Waals surface area contributed by atoms with Gasteiger partial charge in [0.25, 0.3) is 0 Å². The molecule has 0 rings (SSSR count). The Balaban J connectivity index is 4.17. The number of thioether (sulfide) groups is 1. The molecule has 0 aliphatic carbocycles. The first-order valence-electron chi connectivity index (χ1n) is 5.61. The maximum atomic E-state index is 11.5. The number of hydrogen-bond donors (Lipinski definition) is 4. The minimum atomic E-state index is -1.19. The summed E-state index contributed by atoms with van der Waals surface area (Å²) in [7, 11) is 0. The van der Waals surface area contributed by atoms with Crippen molar-refractivity contribution < 1.29 is 24.6 Å². The van der Waals surface area contributed by atoms with Crippen LogP contribution in [0.3, 0.4) is 0 Å². The molecule has 0 saturated heterocycles. The van der Waals surface area contributed by atoms with Gasteiger partial charge in [-0.25, -0.2) is 4.79 Å². The first-order chi connectivity index (χ1) is 8.88. The number of amides is 1. The van der Waals surface area contributed by atoms with Crippen LogP contribution in [0.15, 0.2) is 11.5 Å². The summed E-state index contributed by atoms with van der Waals surface area (Å²) >= 11 is 1.27. The molecule has 0 spiro atoms. The highest BCUT2D eigenvalue weighted by atomic mass is 32.2. The van der Waals surface area contributed by atoms with Gasteiger partial charge in [-0.15, -0.1) is 11.8 Å². The number of carbonyl (C=O) groups excluding carboxylic acids is 1. The number of hydrogen-bond acceptors (Lipinski definition) is 5. The molecule has 108 valence electrons.